The van der Waals surface area contributed by atoms with Crippen LogP contribution in [0, 0.1) is 5.41 Å². The number of benzene rings is 1. The van der Waals surface area contributed by atoms with Gasteiger partial charge in [-0.05, 0) is 62.3 Å². The maximum Gasteiger partial charge on any atom is 0.316 e. The first kappa shape index (κ1) is 17.7. The van der Waals surface area contributed by atoms with Gasteiger partial charge in [-0.2, -0.15) is 0 Å². The Hall–Kier alpha value is -2.37. The van der Waals surface area contributed by atoms with Crippen LogP contribution in [0.5, 0.6) is 0 Å². The summed E-state index contributed by atoms with van der Waals surface area (Å²) in [4.78, 5) is 14.7. The minimum atomic E-state index is -0.347. The van der Waals surface area contributed by atoms with Gasteiger partial charge < -0.3 is 14.6 Å². The number of piperidine rings is 1. The van der Waals surface area contributed by atoms with Crippen LogP contribution >= 0.6 is 0 Å². The number of nitrogens with zero attached hydrogens (tertiary/aromatic N) is 3. The van der Waals surface area contributed by atoms with Gasteiger partial charge in [0.2, 0.25) is 11.8 Å². The van der Waals surface area contributed by atoms with E-state index < -0.39 is 0 Å². The highest BCUT2D eigenvalue weighted by molar-refractivity contribution is 5.83. The average Bonchev–Trinajstić information content (AvgIpc) is 3.28. The lowest BCUT2D eigenvalue weighted by Gasteiger charge is -2.33. The topological polar surface area (TPSA) is 71.3 Å². The minimum Gasteiger partial charge on any atom is -0.408 e. The van der Waals surface area contributed by atoms with Crippen molar-refractivity contribution in [1.82, 2.24) is 15.1 Å². The summed E-state index contributed by atoms with van der Waals surface area (Å²) in [5.41, 5.74) is 1.96. The largest absolute Gasteiger partial charge is 0.408 e. The van der Waals surface area contributed by atoms with Crippen LogP contribution < -0.4 is 5.32 Å². The molecule has 3 fully saturated rings. The molecule has 1 saturated heterocycles. The second-order valence-electron chi connectivity index (χ2n) is 8.91. The molecule has 1 N–H and O–H groups in total. The molecule has 2 aliphatic carbocycles. The summed E-state index contributed by atoms with van der Waals surface area (Å²) in [7, 11) is 0. The van der Waals surface area contributed by atoms with Crippen molar-refractivity contribution in [2.45, 2.75) is 63.3 Å². The first-order chi connectivity index (χ1) is 13.6. The van der Waals surface area contributed by atoms with Crippen molar-refractivity contribution in [3.63, 3.8) is 0 Å². The molecule has 2 aromatic rings. The van der Waals surface area contributed by atoms with E-state index in [4.69, 9.17) is 4.42 Å². The molecule has 0 unspecified atom stereocenters. The smallest absolute Gasteiger partial charge is 0.316 e. The number of nitrogens with one attached hydrogen (secondary N) is 1. The van der Waals surface area contributed by atoms with Crippen LogP contribution in [-0.4, -0.2) is 40.1 Å². The minimum absolute atomic E-state index is 0.128. The van der Waals surface area contributed by atoms with Crippen LogP contribution in [-0.2, 0) is 4.79 Å². The molecule has 1 amide bonds. The number of hydrogen-bond donors (Lipinski definition) is 1. The lowest BCUT2D eigenvalue weighted by molar-refractivity contribution is -0.133. The molecule has 1 aromatic carbocycles. The Morgan fingerprint density at radius 2 is 1.82 bits per heavy atom. The number of anilines is 1. The first-order valence-corrected chi connectivity index (χ1v) is 10.6. The molecule has 28 heavy (non-hydrogen) atoms. The number of rotatable bonds is 5. The third kappa shape index (κ3) is 3.40. The van der Waals surface area contributed by atoms with Crippen molar-refractivity contribution in [2.75, 3.05) is 18.4 Å². The third-order valence-electron chi connectivity index (χ3n) is 7.00. The highest BCUT2D eigenvalue weighted by atomic mass is 16.4. The number of carbonyl (C=O) groups is 1. The Bertz CT molecular complexity index is 829. The normalized spacial score (nSPS) is 26.5. The molecule has 3 aliphatic rings. The summed E-state index contributed by atoms with van der Waals surface area (Å²) in [6.45, 7) is 3.63. The molecule has 5 rings (SSSR count). The van der Waals surface area contributed by atoms with Gasteiger partial charge >= 0.3 is 6.01 Å². The summed E-state index contributed by atoms with van der Waals surface area (Å²) in [6.07, 6.45) is 7.08. The number of carbonyl (C=O) groups excluding carboxylic acids is 1. The fourth-order valence-corrected chi connectivity index (χ4v) is 4.67. The van der Waals surface area contributed by atoms with Crippen LogP contribution in [0.1, 0.15) is 68.7 Å². The molecular formula is C22H28N4O2. The van der Waals surface area contributed by atoms with Gasteiger partial charge in [0.15, 0.2) is 0 Å². The maximum atomic E-state index is 12.7. The number of hydrogen-bond acceptors (Lipinski definition) is 5. The van der Waals surface area contributed by atoms with Crippen molar-refractivity contribution in [3.05, 3.63) is 41.8 Å². The Balaban J connectivity index is 1.13. The predicted molar refractivity (Wildman–Crippen MR) is 106 cm³/mol. The lowest BCUT2D eigenvalue weighted by atomic mass is 9.71. The summed E-state index contributed by atoms with van der Waals surface area (Å²) in [5, 5.41) is 11.4. The summed E-state index contributed by atoms with van der Waals surface area (Å²) < 4.78 is 5.82. The fourth-order valence-electron chi connectivity index (χ4n) is 4.67. The van der Waals surface area contributed by atoms with E-state index >= 15 is 0 Å². The van der Waals surface area contributed by atoms with Gasteiger partial charge in [0.25, 0.3) is 0 Å². The van der Waals surface area contributed by atoms with Gasteiger partial charge in [0, 0.05) is 19.0 Å². The standard InChI is InChI=1S/C22H28N4O2/c1-15(20(27)26-11-9-22(7-8-22)10-12-26)23-21-25-24-19(28-21)18-13-17(14-18)16-5-3-2-4-6-16/h2-6,15,17-18H,7-14H2,1H3,(H,23,25)/t15-,17?,18?/m0/s1. The van der Waals surface area contributed by atoms with Crippen LogP contribution in [0.3, 0.4) is 0 Å². The molecule has 1 aliphatic heterocycles. The first-order valence-electron chi connectivity index (χ1n) is 10.6. The summed E-state index contributed by atoms with van der Waals surface area (Å²) in [5.74, 6) is 1.70. The molecule has 6 nitrogen and oxygen atoms in total. The molecule has 0 radical (unpaired) electrons. The van der Waals surface area contributed by atoms with Crippen molar-refractivity contribution in [3.8, 4) is 0 Å². The second-order valence-corrected chi connectivity index (χ2v) is 8.91. The zero-order valence-corrected chi connectivity index (χ0v) is 16.4. The summed E-state index contributed by atoms with van der Waals surface area (Å²) >= 11 is 0. The van der Waals surface area contributed by atoms with Gasteiger partial charge in [-0.1, -0.05) is 35.4 Å². The summed E-state index contributed by atoms with van der Waals surface area (Å²) in [6, 6.07) is 10.6. The third-order valence-corrected chi connectivity index (χ3v) is 7.00. The molecule has 148 valence electrons. The molecule has 2 saturated carbocycles. The maximum absolute atomic E-state index is 12.7. The van der Waals surface area contributed by atoms with Gasteiger partial charge in [0.1, 0.15) is 6.04 Å². The highest BCUT2D eigenvalue weighted by Gasteiger charge is 2.45. The van der Waals surface area contributed by atoms with Gasteiger partial charge in [-0.3, -0.25) is 4.79 Å². The molecule has 6 heteroatoms. The van der Waals surface area contributed by atoms with Crippen LogP contribution in [0.4, 0.5) is 6.01 Å². The SMILES string of the molecule is C[C@H](Nc1nnc(C2CC(c3ccccc3)C2)o1)C(=O)N1CCC2(CC1)CC2. The Kier molecular flexibility index (Phi) is 4.37. The van der Waals surface area contributed by atoms with Crippen molar-refractivity contribution < 1.29 is 9.21 Å². The molecular weight excluding hydrogens is 352 g/mol. The predicted octanol–water partition coefficient (Wildman–Crippen LogP) is 3.93. The monoisotopic (exact) mass is 380 g/mol. The number of amides is 1. The van der Waals surface area contributed by atoms with Crippen LogP contribution in [0.2, 0.25) is 0 Å². The molecule has 1 aromatic heterocycles. The van der Waals surface area contributed by atoms with E-state index in [1.165, 1.54) is 18.4 Å². The van der Waals surface area contributed by atoms with Crippen molar-refractivity contribution >= 4 is 11.9 Å². The number of likely N-dealkylation sites (tertiary alicyclic amines) is 1. The van der Waals surface area contributed by atoms with Crippen LogP contribution in [0.15, 0.2) is 34.7 Å². The Morgan fingerprint density at radius 3 is 2.50 bits per heavy atom. The van der Waals surface area contributed by atoms with E-state index in [1.807, 2.05) is 17.9 Å². The Labute approximate surface area is 165 Å². The van der Waals surface area contributed by atoms with E-state index in [0.717, 1.165) is 38.8 Å². The van der Waals surface area contributed by atoms with E-state index in [2.05, 4.69) is 39.8 Å². The van der Waals surface area contributed by atoms with E-state index in [1.54, 1.807) is 0 Å². The fraction of sp³-hybridized carbons (Fsp3) is 0.591. The van der Waals surface area contributed by atoms with Gasteiger partial charge in [-0.25, -0.2) is 0 Å². The molecule has 1 spiro atoms. The van der Waals surface area contributed by atoms with Crippen LogP contribution in [0.25, 0.3) is 0 Å². The molecule has 0 bridgehead atoms. The zero-order valence-electron chi connectivity index (χ0n) is 16.4. The van der Waals surface area contributed by atoms with E-state index in [0.29, 0.717) is 29.2 Å². The van der Waals surface area contributed by atoms with Crippen molar-refractivity contribution in [1.29, 1.82) is 0 Å². The van der Waals surface area contributed by atoms with Gasteiger partial charge in [-0.15, -0.1) is 5.10 Å². The van der Waals surface area contributed by atoms with E-state index in [9.17, 15) is 4.79 Å². The van der Waals surface area contributed by atoms with Gasteiger partial charge in [0.05, 0.1) is 0 Å². The highest BCUT2D eigenvalue weighted by Crippen LogP contribution is 2.53. The molecule has 2 heterocycles. The quantitative estimate of drug-likeness (QED) is 0.851. The zero-order chi connectivity index (χ0) is 19.1. The molecule has 1 atom stereocenters. The second kappa shape index (κ2) is 6.90. The average molecular weight is 380 g/mol. The number of aromatic nitrogens is 2. The van der Waals surface area contributed by atoms with E-state index in [-0.39, 0.29) is 11.9 Å². The lowest BCUT2D eigenvalue weighted by Crippen LogP contribution is -2.45. The van der Waals surface area contributed by atoms with Crippen molar-refractivity contribution in [2.24, 2.45) is 5.41 Å². The Morgan fingerprint density at radius 1 is 1.11 bits per heavy atom.